The van der Waals surface area contributed by atoms with E-state index in [0.29, 0.717) is 6.04 Å². The van der Waals surface area contributed by atoms with Gasteiger partial charge in [0.05, 0.1) is 0 Å². The summed E-state index contributed by atoms with van der Waals surface area (Å²) in [5.41, 5.74) is 1.86. The van der Waals surface area contributed by atoms with E-state index in [2.05, 4.69) is 39.8 Å². The zero-order valence-electron chi connectivity index (χ0n) is 14.8. The molecule has 1 aliphatic carbocycles. The van der Waals surface area contributed by atoms with Crippen LogP contribution < -0.4 is 15.5 Å². The number of hydrogen-bond acceptors (Lipinski definition) is 4. The van der Waals surface area contributed by atoms with Crippen LogP contribution >= 0.6 is 0 Å². The van der Waals surface area contributed by atoms with Gasteiger partial charge in [-0.05, 0) is 64.3 Å². The third kappa shape index (κ3) is 5.66. The Balaban J connectivity index is 1.80. The monoisotopic (exact) mass is 319 g/mol. The van der Waals surface area contributed by atoms with E-state index in [1.165, 1.54) is 5.69 Å². The smallest absolute Gasteiger partial charge is 0.407 e. The number of ether oxygens (including phenoxy) is 1. The summed E-state index contributed by atoms with van der Waals surface area (Å²) in [7, 11) is 4.07. The lowest BCUT2D eigenvalue weighted by atomic mass is 10.2. The number of anilines is 2. The summed E-state index contributed by atoms with van der Waals surface area (Å²) >= 11 is 0. The minimum atomic E-state index is -0.450. The Bertz CT molecular complexity index is 520. The SMILES string of the molecule is CN(C)c1ccc(NC2CCC(NC(=O)OC(C)(C)C)C2)cc1. The second-order valence-electron chi connectivity index (χ2n) is 7.44. The molecule has 0 spiro atoms. The van der Waals surface area contributed by atoms with Crippen molar-refractivity contribution in [1.29, 1.82) is 0 Å². The van der Waals surface area contributed by atoms with Crippen LogP contribution in [0.4, 0.5) is 16.2 Å². The molecule has 0 saturated heterocycles. The number of amides is 1. The molecule has 0 bridgehead atoms. The molecule has 23 heavy (non-hydrogen) atoms. The highest BCUT2D eigenvalue weighted by atomic mass is 16.6. The molecule has 2 atom stereocenters. The van der Waals surface area contributed by atoms with E-state index in [0.717, 1.165) is 24.9 Å². The predicted octanol–water partition coefficient (Wildman–Crippen LogP) is 3.61. The second kappa shape index (κ2) is 7.11. The number of benzene rings is 1. The lowest BCUT2D eigenvalue weighted by Gasteiger charge is -2.22. The van der Waals surface area contributed by atoms with Crippen molar-refractivity contribution in [1.82, 2.24) is 5.32 Å². The van der Waals surface area contributed by atoms with E-state index in [1.807, 2.05) is 34.9 Å². The minimum absolute atomic E-state index is 0.184. The molecule has 2 unspecified atom stereocenters. The Labute approximate surface area is 139 Å². The molecule has 0 aromatic heterocycles. The number of carbonyl (C=O) groups is 1. The molecule has 5 heteroatoms. The molecule has 1 amide bonds. The van der Waals surface area contributed by atoms with Crippen molar-refractivity contribution >= 4 is 17.5 Å². The minimum Gasteiger partial charge on any atom is -0.444 e. The maximum Gasteiger partial charge on any atom is 0.407 e. The fourth-order valence-corrected chi connectivity index (χ4v) is 2.81. The first-order valence-electron chi connectivity index (χ1n) is 8.26. The van der Waals surface area contributed by atoms with E-state index in [-0.39, 0.29) is 12.1 Å². The molecule has 0 heterocycles. The quantitative estimate of drug-likeness (QED) is 0.890. The Hall–Kier alpha value is -1.91. The van der Waals surface area contributed by atoms with Gasteiger partial charge in [0.25, 0.3) is 0 Å². The van der Waals surface area contributed by atoms with Crippen LogP contribution in [0.5, 0.6) is 0 Å². The van der Waals surface area contributed by atoms with Gasteiger partial charge in [-0.1, -0.05) is 0 Å². The van der Waals surface area contributed by atoms with Crippen LogP contribution in [0.1, 0.15) is 40.0 Å². The summed E-state index contributed by atoms with van der Waals surface area (Å²) in [6.45, 7) is 5.63. The Morgan fingerprint density at radius 3 is 2.30 bits per heavy atom. The zero-order valence-corrected chi connectivity index (χ0v) is 14.8. The van der Waals surface area contributed by atoms with Gasteiger partial charge in [-0.3, -0.25) is 0 Å². The molecule has 0 radical (unpaired) electrons. The predicted molar refractivity (Wildman–Crippen MR) is 95.2 cm³/mol. The Morgan fingerprint density at radius 2 is 1.74 bits per heavy atom. The van der Waals surface area contributed by atoms with E-state index in [1.54, 1.807) is 0 Å². The standard InChI is InChI=1S/C18H29N3O2/c1-18(2,3)23-17(22)20-15-7-6-14(12-15)19-13-8-10-16(11-9-13)21(4)5/h8-11,14-15,19H,6-7,12H2,1-5H3,(H,20,22). The first-order valence-corrected chi connectivity index (χ1v) is 8.26. The van der Waals surface area contributed by atoms with Gasteiger partial charge < -0.3 is 20.3 Å². The maximum atomic E-state index is 11.8. The maximum absolute atomic E-state index is 11.8. The van der Waals surface area contributed by atoms with E-state index in [9.17, 15) is 4.79 Å². The average molecular weight is 319 g/mol. The fourth-order valence-electron chi connectivity index (χ4n) is 2.81. The average Bonchev–Trinajstić information content (AvgIpc) is 2.84. The molecule has 1 aliphatic rings. The van der Waals surface area contributed by atoms with Crippen molar-refractivity contribution < 1.29 is 9.53 Å². The third-order valence-corrected chi connectivity index (χ3v) is 3.91. The van der Waals surface area contributed by atoms with Crippen LogP contribution in [0.3, 0.4) is 0 Å². The highest BCUT2D eigenvalue weighted by molar-refractivity contribution is 5.68. The Kier molecular flexibility index (Phi) is 5.39. The highest BCUT2D eigenvalue weighted by Crippen LogP contribution is 2.24. The van der Waals surface area contributed by atoms with Crippen molar-refractivity contribution in [2.75, 3.05) is 24.3 Å². The lowest BCUT2D eigenvalue weighted by molar-refractivity contribution is 0.0505. The molecule has 2 N–H and O–H groups in total. The van der Waals surface area contributed by atoms with E-state index in [4.69, 9.17) is 4.74 Å². The molecular weight excluding hydrogens is 290 g/mol. The number of nitrogens with zero attached hydrogens (tertiary/aromatic N) is 1. The fraction of sp³-hybridized carbons (Fsp3) is 0.611. The molecule has 1 aromatic carbocycles. The van der Waals surface area contributed by atoms with Crippen LogP contribution in [-0.2, 0) is 4.74 Å². The molecule has 2 rings (SSSR count). The van der Waals surface area contributed by atoms with Crippen LogP contribution in [0.15, 0.2) is 24.3 Å². The van der Waals surface area contributed by atoms with E-state index < -0.39 is 5.60 Å². The first-order chi connectivity index (χ1) is 10.7. The molecule has 5 nitrogen and oxygen atoms in total. The van der Waals surface area contributed by atoms with Gasteiger partial charge in [-0.15, -0.1) is 0 Å². The summed E-state index contributed by atoms with van der Waals surface area (Å²) in [5.74, 6) is 0. The van der Waals surface area contributed by atoms with Gasteiger partial charge in [0.2, 0.25) is 0 Å². The van der Waals surface area contributed by atoms with E-state index >= 15 is 0 Å². The number of rotatable bonds is 4. The molecule has 1 aromatic rings. The van der Waals surface area contributed by atoms with Crippen molar-refractivity contribution in [3.63, 3.8) is 0 Å². The number of nitrogens with one attached hydrogen (secondary N) is 2. The summed E-state index contributed by atoms with van der Waals surface area (Å²) in [6.07, 6.45) is 2.63. The number of hydrogen-bond donors (Lipinski definition) is 2. The summed E-state index contributed by atoms with van der Waals surface area (Å²) in [5, 5.41) is 6.52. The number of carbonyl (C=O) groups excluding carboxylic acids is 1. The van der Waals surface area contributed by atoms with Gasteiger partial charge in [0, 0.05) is 37.6 Å². The Morgan fingerprint density at radius 1 is 1.13 bits per heavy atom. The molecule has 0 aliphatic heterocycles. The molecular formula is C18H29N3O2. The van der Waals surface area contributed by atoms with Crippen molar-refractivity contribution in [2.24, 2.45) is 0 Å². The normalized spacial score (nSPS) is 20.9. The lowest BCUT2D eigenvalue weighted by Crippen LogP contribution is -2.38. The van der Waals surface area contributed by atoms with Gasteiger partial charge >= 0.3 is 6.09 Å². The topological polar surface area (TPSA) is 53.6 Å². The first kappa shape index (κ1) is 17.4. The zero-order chi connectivity index (χ0) is 17.0. The molecule has 1 fully saturated rings. The van der Waals surface area contributed by atoms with Gasteiger partial charge in [-0.2, -0.15) is 0 Å². The van der Waals surface area contributed by atoms with Crippen molar-refractivity contribution in [3.05, 3.63) is 24.3 Å². The van der Waals surface area contributed by atoms with Crippen LogP contribution in [-0.4, -0.2) is 37.9 Å². The second-order valence-corrected chi connectivity index (χ2v) is 7.44. The van der Waals surface area contributed by atoms with Gasteiger partial charge in [0.1, 0.15) is 5.60 Å². The van der Waals surface area contributed by atoms with Gasteiger partial charge in [-0.25, -0.2) is 4.79 Å². The summed E-state index contributed by atoms with van der Waals surface area (Å²) in [6, 6.07) is 8.98. The van der Waals surface area contributed by atoms with Crippen molar-refractivity contribution in [3.8, 4) is 0 Å². The van der Waals surface area contributed by atoms with Crippen LogP contribution in [0.25, 0.3) is 0 Å². The van der Waals surface area contributed by atoms with Crippen LogP contribution in [0.2, 0.25) is 0 Å². The molecule has 128 valence electrons. The summed E-state index contributed by atoms with van der Waals surface area (Å²) in [4.78, 5) is 13.9. The number of alkyl carbamates (subject to hydrolysis) is 1. The van der Waals surface area contributed by atoms with Crippen LogP contribution in [0, 0.1) is 0 Å². The van der Waals surface area contributed by atoms with Crippen molar-refractivity contribution in [2.45, 2.75) is 57.7 Å². The van der Waals surface area contributed by atoms with Gasteiger partial charge in [0.15, 0.2) is 0 Å². The third-order valence-electron chi connectivity index (χ3n) is 3.91. The largest absolute Gasteiger partial charge is 0.444 e. The highest BCUT2D eigenvalue weighted by Gasteiger charge is 2.27. The summed E-state index contributed by atoms with van der Waals surface area (Å²) < 4.78 is 5.31. The molecule has 1 saturated carbocycles.